The summed E-state index contributed by atoms with van der Waals surface area (Å²) in [5.41, 5.74) is 1.07. The van der Waals surface area contributed by atoms with Gasteiger partial charge < -0.3 is 14.6 Å². The summed E-state index contributed by atoms with van der Waals surface area (Å²) in [4.78, 5) is 6.89. The molecule has 2 heterocycles. The van der Waals surface area contributed by atoms with Crippen LogP contribution in [0.25, 0.3) is 0 Å². The summed E-state index contributed by atoms with van der Waals surface area (Å²) in [6.07, 6.45) is 2.08. The lowest BCUT2D eigenvalue weighted by molar-refractivity contribution is 0.0398. The van der Waals surface area contributed by atoms with E-state index in [0.717, 1.165) is 57.6 Å². The number of hydrogen-bond donors (Lipinski definition) is 1. The highest BCUT2D eigenvalue weighted by molar-refractivity contribution is 5.28. The first-order chi connectivity index (χ1) is 8.29. The van der Waals surface area contributed by atoms with Crippen LogP contribution in [0, 0.1) is 6.92 Å². The van der Waals surface area contributed by atoms with Gasteiger partial charge in [-0.25, -0.2) is 4.98 Å². The molecule has 96 valence electrons. The highest BCUT2D eigenvalue weighted by atomic mass is 16.5. The first kappa shape index (κ1) is 12.4. The number of ether oxygens (including phenoxy) is 1. The lowest BCUT2D eigenvalue weighted by atomic mass is 10.4. The largest absolute Gasteiger partial charge is 0.379 e. The Balaban J connectivity index is 1.76. The van der Waals surface area contributed by atoms with E-state index in [0.29, 0.717) is 0 Å². The van der Waals surface area contributed by atoms with Crippen molar-refractivity contribution in [2.45, 2.75) is 20.4 Å². The number of aromatic nitrogens is 2. The third-order valence-corrected chi connectivity index (χ3v) is 3.05. The predicted molar refractivity (Wildman–Crippen MR) is 68.4 cm³/mol. The second-order valence-electron chi connectivity index (χ2n) is 4.37. The van der Waals surface area contributed by atoms with E-state index in [2.05, 4.69) is 32.9 Å². The second-order valence-corrected chi connectivity index (χ2v) is 4.37. The van der Waals surface area contributed by atoms with Crippen molar-refractivity contribution in [1.82, 2.24) is 14.5 Å². The van der Waals surface area contributed by atoms with Crippen LogP contribution in [-0.2, 0) is 11.3 Å². The fourth-order valence-electron chi connectivity index (χ4n) is 2.08. The van der Waals surface area contributed by atoms with Crippen LogP contribution in [0.5, 0.6) is 0 Å². The standard InChI is InChI=1S/C12H22N4O/c1-3-16-10-11(2)14-12(16)13-4-5-15-6-8-17-9-7-15/h10H,3-9H2,1-2H3,(H,13,14). The Kier molecular flexibility index (Phi) is 4.39. The molecule has 0 unspecified atom stereocenters. The van der Waals surface area contributed by atoms with Crippen molar-refractivity contribution in [2.24, 2.45) is 0 Å². The first-order valence-corrected chi connectivity index (χ1v) is 6.37. The van der Waals surface area contributed by atoms with Gasteiger partial charge in [0.05, 0.1) is 18.9 Å². The maximum absolute atomic E-state index is 5.33. The Morgan fingerprint density at radius 3 is 2.88 bits per heavy atom. The molecule has 0 aromatic carbocycles. The summed E-state index contributed by atoms with van der Waals surface area (Å²) in [6, 6.07) is 0. The normalized spacial score (nSPS) is 17.3. The van der Waals surface area contributed by atoms with Gasteiger partial charge in [-0.3, -0.25) is 4.90 Å². The summed E-state index contributed by atoms with van der Waals surface area (Å²) in [5.74, 6) is 0.984. The van der Waals surface area contributed by atoms with Crippen LogP contribution in [0.1, 0.15) is 12.6 Å². The van der Waals surface area contributed by atoms with E-state index in [1.165, 1.54) is 0 Å². The van der Waals surface area contributed by atoms with E-state index in [1.54, 1.807) is 0 Å². The molecule has 0 bridgehead atoms. The van der Waals surface area contributed by atoms with E-state index in [9.17, 15) is 0 Å². The van der Waals surface area contributed by atoms with Gasteiger partial charge in [0.2, 0.25) is 5.95 Å². The van der Waals surface area contributed by atoms with Gasteiger partial charge in [-0.15, -0.1) is 0 Å². The fraction of sp³-hybridized carbons (Fsp3) is 0.750. The monoisotopic (exact) mass is 238 g/mol. The van der Waals surface area contributed by atoms with Crippen LogP contribution in [-0.4, -0.2) is 53.8 Å². The van der Waals surface area contributed by atoms with Crippen molar-refractivity contribution in [2.75, 3.05) is 44.7 Å². The summed E-state index contributed by atoms with van der Waals surface area (Å²) in [6.45, 7) is 10.9. The van der Waals surface area contributed by atoms with Crippen molar-refractivity contribution in [3.8, 4) is 0 Å². The molecule has 1 aliphatic rings. The highest BCUT2D eigenvalue weighted by Crippen LogP contribution is 2.07. The zero-order chi connectivity index (χ0) is 12.1. The summed E-state index contributed by atoms with van der Waals surface area (Å²) in [7, 11) is 0. The van der Waals surface area contributed by atoms with Gasteiger partial charge >= 0.3 is 0 Å². The van der Waals surface area contributed by atoms with Crippen molar-refractivity contribution in [1.29, 1.82) is 0 Å². The third kappa shape index (κ3) is 3.44. The van der Waals surface area contributed by atoms with Crippen molar-refractivity contribution >= 4 is 5.95 Å². The molecule has 0 radical (unpaired) electrons. The molecule has 1 aliphatic heterocycles. The van der Waals surface area contributed by atoms with Crippen LogP contribution in [0.3, 0.4) is 0 Å². The first-order valence-electron chi connectivity index (χ1n) is 6.37. The maximum atomic E-state index is 5.33. The molecule has 1 aromatic heterocycles. The van der Waals surface area contributed by atoms with E-state index >= 15 is 0 Å². The second kappa shape index (κ2) is 6.02. The lowest BCUT2D eigenvalue weighted by Gasteiger charge is -2.26. The molecule has 5 nitrogen and oxygen atoms in total. The van der Waals surface area contributed by atoms with Gasteiger partial charge in [0.25, 0.3) is 0 Å². The van der Waals surface area contributed by atoms with Gasteiger partial charge in [0.15, 0.2) is 0 Å². The molecule has 0 saturated carbocycles. The van der Waals surface area contributed by atoms with Crippen molar-refractivity contribution < 1.29 is 4.74 Å². The molecule has 0 amide bonds. The molecule has 1 aromatic rings. The van der Waals surface area contributed by atoms with Crippen LogP contribution < -0.4 is 5.32 Å². The molecular formula is C12H22N4O. The number of aryl methyl sites for hydroxylation is 2. The zero-order valence-electron chi connectivity index (χ0n) is 10.8. The van der Waals surface area contributed by atoms with Gasteiger partial charge in [-0.2, -0.15) is 0 Å². The van der Waals surface area contributed by atoms with Crippen LogP contribution in [0.2, 0.25) is 0 Å². The molecule has 1 N–H and O–H groups in total. The van der Waals surface area contributed by atoms with Crippen LogP contribution in [0.4, 0.5) is 5.95 Å². The minimum absolute atomic E-state index is 0.864. The summed E-state index contributed by atoms with van der Waals surface area (Å²) >= 11 is 0. The fourth-order valence-corrected chi connectivity index (χ4v) is 2.08. The van der Waals surface area contributed by atoms with Gasteiger partial charge in [0, 0.05) is 38.9 Å². The Hall–Kier alpha value is -1.07. The van der Waals surface area contributed by atoms with Gasteiger partial charge in [0.1, 0.15) is 0 Å². The number of anilines is 1. The third-order valence-electron chi connectivity index (χ3n) is 3.05. The van der Waals surface area contributed by atoms with Crippen LogP contribution in [0.15, 0.2) is 6.20 Å². The smallest absolute Gasteiger partial charge is 0.203 e. The number of hydrogen-bond acceptors (Lipinski definition) is 4. The molecule has 2 rings (SSSR count). The van der Waals surface area contributed by atoms with Gasteiger partial charge in [-0.05, 0) is 13.8 Å². The number of nitrogens with zero attached hydrogens (tertiary/aromatic N) is 3. The molecule has 5 heteroatoms. The average Bonchev–Trinajstić information content (AvgIpc) is 2.71. The highest BCUT2D eigenvalue weighted by Gasteiger charge is 2.10. The Labute approximate surface area is 103 Å². The van der Waals surface area contributed by atoms with E-state index in [-0.39, 0.29) is 0 Å². The SMILES string of the molecule is CCn1cc(C)nc1NCCN1CCOCC1. The lowest BCUT2D eigenvalue weighted by Crippen LogP contribution is -2.39. The maximum Gasteiger partial charge on any atom is 0.203 e. The quantitative estimate of drug-likeness (QED) is 0.829. The molecule has 0 atom stereocenters. The molecule has 17 heavy (non-hydrogen) atoms. The molecular weight excluding hydrogens is 216 g/mol. The Bertz CT molecular complexity index is 344. The Morgan fingerprint density at radius 2 is 2.18 bits per heavy atom. The minimum atomic E-state index is 0.864. The van der Waals surface area contributed by atoms with E-state index in [1.807, 2.05) is 6.92 Å². The van der Waals surface area contributed by atoms with Crippen molar-refractivity contribution in [3.63, 3.8) is 0 Å². The average molecular weight is 238 g/mol. The van der Waals surface area contributed by atoms with Gasteiger partial charge in [-0.1, -0.05) is 0 Å². The molecule has 0 aliphatic carbocycles. The number of nitrogens with one attached hydrogen (secondary N) is 1. The predicted octanol–water partition coefficient (Wildman–Crippen LogP) is 0.956. The number of imidazole rings is 1. The van der Waals surface area contributed by atoms with Crippen LogP contribution >= 0.6 is 0 Å². The molecule has 0 spiro atoms. The minimum Gasteiger partial charge on any atom is -0.379 e. The van der Waals surface area contributed by atoms with E-state index < -0.39 is 0 Å². The molecule has 1 fully saturated rings. The summed E-state index contributed by atoms with van der Waals surface area (Å²) in [5, 5.41) is 3.40. The molecule has 1 saturated heterocycles. The van der Waals surface area contributed by atoms with E-state index in [4.69, 9.17) is 4.74 Å². The summed E-state index contributed by atoms with van der Waals surface area (Å²) < 4.78 is 7.47. The zero-order valence-corrected chi connectivity index (χ0v) is 10.8. The topological polar surface area (TPSA) is 42.3 Å². The number of rotatable bonds is 5. The Morgan fingerprint density at radius 1 is 1.41 bits per heavy atom. The number of morpholine rings is 1. The van der Waals surface area contributed by atoms with Crippen molar-refractivity contribution in [3.05, 3.63) is 11.9 Å².